The van der Waals surface area contributed by atoms with Crippen LogP contribution in [0.3, 0.4) is 0 Å². The predicted octanol–water partition coefficient (Wildman–Crippen LogP) is -0.944. The maximum absolute atomic E-state index is 11.1. The lowest BCUT2D eigenvalue weighted by Gasteiger charge is -2.14. The molecule has 3 atom stereocenters. The molecule has 8 heteroatoms. The second kappa shape index (κ2) is 6.85. The highest BCUT2D eigenvalue weighted by molar-refractivity contribution is 5.94. The lowest BCUT2D eigenvalue weighted by atomic mass is 10.3. The number of rotatable bonds is 5. The van der Waals surface area contributed by atoms with Gasteiger partial charge in [-0.25, -0.2) is 4.79 Å². The minimum atomic E-state index is -1.32. The number of carbonyl (C=O) groups excluding carboxylic acids is 2. The van der Waals surface area contributed by atoms with Crippen molar-refractivity contribution < 1.29 is 19.8 Å². The average molecular weight is 233 g/mol. The van der Waals surface area contributed by atoms with Crippen LogP contribution >= 0.6 is 0 Å². The first-order chi connectivity index (χ1) is 7.36. The summed E-state index contributed by atoms with van der Waals surface area (Å²) >= 11 is 0. The van der Waals surface area contributed by atoms with Gasteiger partial charge in [0, 0.05) is 0 Å². The molecule has 0 aliphatic heterocycles. The number of hydrogen-bond acceptors (Lipinski definition) is 6. The van der Waals surface area contributed by atoms with Gasteiger partial charge in [-0.05, 0) is 19.0 Å². The van der Waals surface area contributed by atoms with Crippen LogP contribution in [0.5, 0.6) is 0 Å². The van der Waals surface area contributed by atoms with Crippen LogP contribution in [-0.2, 0) is 4.79 Å². The number of aliphatic hydroxyl groups excluding tert-OH is 2. The van der Waals surface area contributed by atoms with Gasteiger partial charge in [0.05, 0.1) is 18.6 Å². The highest BCUT2D eigenvalue weighted by atomic mass is 16.3. The van der Waals surface area contributed by atoms with E-state index in [-0.39, 0.29) is 6.42 Å². The summed E-state index contributed by atoms with van der Waals surface area (Å²) in [7, 11) is 0. The van der Waals surface area contributed by atoms with Crippen LogP contribution in [0, 0.1) is 4.91 Å². The van der Waals surface area contributed by atoms with Crippen LogP contribution in [0.4, 0.5) is 4.79 Å². The Morgan fingerprint density at radius 3 is 2.25 bits per heavy atom. The maximum atomic E-state index is 11.1. The topological polar surface area (TPSA) is 128 Å². The third kappa shape index (κ3) is 6.04. The third-order valence-electron chi connectivity index (χ3n) is 1.58. The quantitative estimate of drug-likeness (QED) is 0.455. The fourth-order valence-electron chi connectivity index (χ4n) is 0.851. The zero-order valence-corrected chi connectivity index (χ0v) is 9.01. The van der Waals surface area contributed by atoms with Crippen molar-refractivity contribution in [1.82, 2.24) is 10.6 Å². The molecule has 0 bridgehead atoms. The highest BCUT2D eigenvalue weighted by Gasteiger charge is 2.19. The van der Waals surface area contributed by atoms with Crippen LogP contribution in [0.1, 0.15) is 20.3 Å². The number of aliphatic hydroxyl groups is 2. The summed E-state index contributed by atoms with van der Waals surface area (Å²) in [5.41, 5.74) is 0. The number of urea groups is 1. The normalized spacial score (nSPS) is 15.8. The van der Waals surface area contributed by atoms with Crippen LogP contribution in [0.25, 0.3) is 0 Å². The molecule has 4 N–H and O–H groups in total. The molecule has 2 unspecified atom stereocenters. The lowest BCUT2D eigenvalue weighted by Crippen LogP contribution is -2.47. The lowest BCUT2D eigenvalue weighted by molar-refractivity contribution is -0.121. The van der Waals surface area contributed by atoms with Gasteiger partial charge in [0.25, 0.3) is 0 Å². The number of amides is 3. The van der Waals surface area contributed by atoms with E-state index in [1.165, 1.54) is 13.8 Å². The van der Waals surface area contributed by atoms with Crippen molar-refractivity contribution in [3.63, 3.8) is 0 Å². The molecule has 0 saturated carbocycles. The molecule has 0 radical (unpaired) electrons. The van der Waals surface area contributed by atoms with Gasteiger partial charge in [-0.2, -0.15) is 0 Å². The maximum Gasteiger partial charge on any atom is 0.323 e. The molecule has 3 amide bonds. The predicted molar refractivity (Wildman–Crippen MR) is 54.2 cm³/mol. The van der Waals surface area contributed by atoms with Gasteiger partial charge in [-0.1, -0.05) is 0 Å². The number of imide groups is 1. The van der Waals surface area contributed by atoms with Gasteiger partial charge in [0.2, 0.25) is 5.91 Å². The Bertz CT molecular complexity index is 266. The van der Waals surface area contributed by atoms with E-state index in [9.17, 15) is 14.5 Å². The molecular formula is C8H15N3O5. The number of nitrogens with one attached hydrogen (secondary N) is 2. The van der Waals surface area contributed by atoms with Crippen LogP contribution < -0.4 is 10.6 Å². The van der Waals surface area contributed by atoms with E-state index in [1.54, 1.807) is 0 Å². The van der Waals surface area contributed by atoms with Gasteiger partial charge in [-0.3, -0.25) is 10.1 Å². The van der Waals surface area contributed by atoms with Crippen molar-refractivity contribution in [1.29, 1.82) is 0 Å². The Morgan fingerprint density at radius 1 is 1.31 bits per heavy atom. The molecule has 0 aromatic heterocycles. The molecule has 8 nitrogen and oxygen atoms in total. The summed E-state index contributed by atoms with van der Waals surface area (Å²) in [6.45, 7) is 2.66. The van der Waals surface area contributed by atoms with E-state index in [1.807, 2.05) is 10.6 Å². The van der Waals surface area contributed by atoms with Crippen molar-refractivity contribution in [3.8, 4) is 0 Å². The van der Waals surface area contributed by atoms with E-state index >= 15 is 0 Å². The smallest absolute Gasteiger partial charge is 0.323 e. The molecule has 0 aromatic carbocycles. The van der Waals surface area contributed by atoms with Crippen LogP contribution in [-0.4, -0.2) is 40.5 Å². The monoisotopic (exact) mass is 233 g/mol. The van der Waals surface area contributed by atoms with Gasteiger partial charge >= 0.3 is 6.03 Å². The molecule has 0 rings (SSSR count). The molecule has 0 aliphatic carbocycles. The molecule has 92 valence electrons. The first kappa shape index (κ1) is 14.5. The molecule has 0 heterocycles. The number of nitroso groups, excluding NO2 is 1. The van der Waals surface area contributed by atoms with Crippen LogP contribution in [0.2, 0.25) is 0 Å². The standard InChI is InChI=1S/C8H15N3O5/c1-4(12)3-6(14)9-8(15)10-7(11-16)5(2)13/h4-5,7,12-13H,3H2,1-2H3,(H2,9,10,14,15)/t4?,5?,7-/m1/s1. The SMILES string of the molecule is CC(O)CC(=O)NC(=O)N[C@H](N=O)C(C)O. The number of hydrogen-bond donors (Lipinski definition) is 4. The van der Waals surface area contributed by atoms with E-state index in [0.717, 1.165) is 0 Å². The zero-order valence-electron chi connectivity index (χ0n) is 9.01. The van der Waals surface area contributed by atoms with E-state index in [4.69, 9.17) is 10.2 Å². The summed E-state index contributed by atoms with van der Waals surface area (Å²) < 4.78 is 0. The van der Waals surface area contributed by atoms with Gasteiger partial charge in [0.1, 0.15) is 0 Å². The van der Waals surface area contributed by atoms with Gasteiger partial charge in [0.15, 0.2) is 6.17 Å². The minimum absolute atomic E-state index is 0.235. The molecule has 0 aromatic rings. The Balaban J connectivity index is 4.07. The molecule has 0 aliphatic rings. The Hall–Kier alpha value is -1.54. The average Bonchev–Trinajstić information content (AvgIpc) is 2.11. The summed E-state index contributed by atoms with van der Waals surface area (Å²) in [6, 6.07) is -0.948. The van der Waals surface area contributed by atoms with Gasteiger partial charge < -0.3 is 15.5 Å². The van der Waals surface area contributed by atoms with E-state index in [2.05, 4.69) is 5.18 Å². The van der Waals surface area contributed by atoms with Crippen molar-refractivity contribution >= 4 is 11.9 Å². The summed E-state index contributed by atoms with van der Waals surface area (Å²) in [4.78, 5) is 32.2. The van der Waals surface area contributed by atoms with Crippen molar-refractivity contribution in [2.75, 3.05) is 0 Å². The first-order valence-electron chi connectivity index (χ1n) is 4.65. The first-order valence-corrected chi connectivity index (χ1v) is 4.65. The zero-order chi connectivity index (χ0) is 12.7. The number of carbonyl (C=O) groups is 2. The Labute approximate surface area is 92.0 Å². The molecular weight excluding hydrogens is 218 g/mol. The third-order valence-corrected chi connectivity index (χ3v) is 1.58. The Kier molecular flexibility index (Phi) is 6.19. The second-order valence-electron chi connectivity index (χ2n) is 3.37. The fourth-order valence-corrected chi connectivity index (χ4v) is 0.851. The highest BCUT2D eigenvalue weighted by Crippen LogP contribution is 1.94. The van der Waals surface area contributed by atoms with E-state index < -0.39 is 30.3 Å². The summed E-state index contributed by atoms with van der Waals surface area (Å²) in [5.74, 6) is -0.692. The number of nitrogens with zero attached hydrogens (tertiary/aromatic N) is 1. The minimum Gasteiger partial charge on any atom is -0.393 e. The van der Waals surface area contributed by atoms with Crippen molar-refractivity contribution in [2.24, 2.45) is 5.18 Å². The fraction of sp³-hybridized carbons (Fsp3) is 0.750. The molecule has 16 heavy (non-hydrogen) atoms. The summed E-state index contributed by atoms with van der Waals surface area (Å²) in [5, 5.41) is 24.2. The van der Waals surface area contributed by atoms with Gasteiger partial charge in [-0.15, -0.1) is 4.91 Å². The molecule has 0 saturated heterocycles. The largest absolute Gasteiger partial charge is 0.393 e. The van der Waals surface area contributed by atoms with Crippen molar-refractivity contribution in [3.05, 3.63) is 4.91 Å². The van der Waals surface area contributed by atoms with Crippen LogP contribution in [0.15, 0.2) is 5.18 Å². The Morgan fingerprint density at radius 2 is 1.88 bits per heavy atom. The molecule has 0 fully saturated rings. The summed E-state index contributed by atoms with van der Waals surface area (Å²) in [6.07, 6.45) is -3.58. The van der Waals surface area contributed by atoms with E-state index in [0.29, 0.717) is 0 Å². The molecule has 0 spiro atoms. The van der Waals surface area contributed by atoms with Crippen molar-refractivity contribution in [2.45, 2.75) is 38.6 Å². The second-order valence-corrected chi connectivity index (χ2v) is 3.37.